The fraction of sp³-hybridized carbons (Fsp3) is 0.423. The maximum atomic E-state index is 12.6. The Morgan fingerprint density at radius 3 is 2.18 bits per heavy atom. The van der Waals surface area contributed by atoms with Gasteiger partial charge in [0.1, 0.15) is 6.61 Å². The largest absolute Gasteiger partial charge is 0.481 e. The number of hydrogen-bond acceptors (Lipinski definition) is 4. The van der Waals surface area contributed by atoms with Crippen LogP contribution in [0.3, 0.4) is 0 Å². The van der Waals surface area contributed by atoms with Crippen LogP contribution < -0.4 is 5.32 Å². The Morgan fingerprint density at radius 1 is 1.03 bits per heavy atom. The molecule has 1 unspecified atom stereocenters. The number of nitrogens with zero attached hydrogens (tertiary/aromatic N) is 1. The lowest BCUT2D eigenvalue weighted by Crippen LogP contribution is -2.41. The molecule has 2 N–H and O–H groups in total. The number of carbonyl (C=O) groups excluding carboxylic acids is 2. The first-order valence-corrected chi connectivity index (χ1v) is 11.6. The van der Waals surface area contributed by atoms with Gasteiger partial charge < -0.3 is 20.1 Å². The van der Waals surface area contributed by atoms with Crippen molar-refractivity contribution in [3.63, 3.8) is 0 Å². The molecule has 2 aromatic rings. The molecule has 1 atom stereocenters. The van der Waals surface area contributed by atoms with Crippen LogP contribution in [0.2, 0.25) is 0 Å². The first kappa shape index (κ1) is 24.3. The van der Waals surface area contributed by atoms with Crippen LogP contribution in [0.4, 0.5) is 4.79 Å². The molecule has 0 saturated carbocycles. The highest BCUT2D eigenvalue weighted by atomic mass is 16.5. The summed E-state index contributed by atoms with van der Waals surface area (Å²) in [6.07, 6.45) is 0.898. The molecule has 0 fully saturated rings. The molecule has 1 aliphatic carbocycles. The van der Waals surface area contributed by atoms with E-state index in [2.05, 4.69) is 29.6 Å². The van der Waals surface area contributed by atoms with Crippen molar-refractivity contribution in [1.29, 1.82) is 0 Å². The van der Waals surface area contributed by atoms with Crippen molar-refractivity contribution in [2.75, 3.05) is 19.7 Å². The SMILES string of the molecule is CCCC(CC(=O)N(CC)CCC(=O)O)NC(=O)OCC1c2ccccc2-c2ccccc21. The van der Waals surface area contributed by atoms with Crippen LogP contribution in [-0.2, 0) is 14.3 Å². The second-order valence-corrected chi connectivity index (χ2v) is 8.28. The van der Waals surface area contributed by atoms with Gasteiger partial charge in [-0.15, -0.1) is 0 Å². The van der Waals surface area contributed by atoms with Gasteiger partial charge in [-0.1, -0.05) is 61.9 Å². The van der Waals surface area contributed by atoms with Crippen molar-refractivity contribution in [2.24, 2.45) is 0 Å². The molecule has 0 aliphatic heterocycles. The third kappa shape index (κ3) is 6.12. The van der Waals surface area contributed by atoms with Gasteiger partial charge in [-0.2, -0.15) is 0 Å². The zero-order valence-corrected chi connectivity index (χ0v) is 19.3. The number of benzene rings is 2. The van der Waals surface area contributed by atoms with Crippen molar-refractivity contribution in [1.82, 2.24) is 10.2 Å². The summed E-state index contributed by atoms with van der Waals surface area (Å²) in [6, 6.07) is 15.9. The average molecular weight is 453 g/mol. The summed E-state index contributed by atoms with van der Waals surface area (Å²) in [7, 11) is 0. The average Bonchev–Trinajstić information content (AvgIpc) is 3.12. The number of carboxylic acids is 1. The summed E-state index contributed by atoms with van der Waals surface area (Å²) in [5, 5.41) is 11.7. The number of carbonyl (C=O) groups is 3. The van der Waals surface area contributed by atoms with Crippen LogP contribution in [0.25, 0.3) is 11.1 Å². The van der Waals surface area contributed by atoms with Crippen LogP contribution in [-0.4, -0.2) is 53.7 Å². The first-order chi connectivity index (χ1) is 15.9. The molecule has 2 aromatic carbocycles. The summed E-state index contributed by atoms with van der Waals surface area (Å²) < 4.78 is 5.61. The molecule has 0 aromatic heterocycles. The Hall–Kier alpha value is -3.35. The van der Waals surface area contributed by atoms with Gasteiger partial charge in [-0.25, -0.2) is 4.79 Å². The highest BCUT2D eigenvalue weighted by molar-refractivity contribution is 5.80. The van der Waals surface area contributed by atoms with Crippen LogP contribution in [0.1, 0.15) is 56.6 Å². The number of amides is 2. The molecule has 7 heteroatoms. The van der Waals surface area contributed by atoms with Crippen LogP contribution in [0.5, 0.6) is 0 Å². The van der Waals surface area contributed by atoms with E-state index in [1.807, 2.05) is 38.1 Å². The molecule has 2 amide bonds. The van der Waals surface area contributed by atoms with E-state index in [9.17, 15) is 14.4 Å². The maximum absolute atomic E-state index is 12.6. The standard InChI is InChI=1S/C26H32N2O5/c1-3-9-18(16-24(29)28(4-2)15-14-25(30)31)27-26(32)33-17-23-21-12-7-5-10-19(21)20-11-6-8-13-22(20)23/h5-8,10-13,18,23H,3-4,9,14-17H2,1-2H3,(H,27,32)(H,30,31). The van der Waals surface area contributed by atoms with Crippen molar-refractivity contribution in [2.45, 2.75) is 51.5 Å². The molecule has 1 aliphatic rings. The predicted molar refractivity (Wildman–Crippen MR) is 126 cm³/mol. The number of hydrogen-bond donors (Lipinski definition) is 2. The van der Waals surface area contributed by atoms with E-state index in [-0.39, 0.29) is 43.9 Å². The monoisotopic (exact) mass is 452 g/mol. The maximum Gasteiger partial charge on any atom is 0.407 e. The minimum atomic E-state index is -0.942. The fourth-order valence-corrected chi connectivity index (χ4v) is 4.41. The van der Waals surface area contributed by atoms with Crippen LogP contribution in [0, 0.1) is 0 Å². The van der Waals surface area contributed by atoms with Gasteiger partial charge in [0.25, 0.3) is 0 Å². The molecular weight excluding hydrogens is 420 g/mol. The lowest BCUT2D eigenvalue weighted by atomic mass is 9.98. The molecule has 176 valence electrons. The molecule has 0 radical (unpaired) electrons. The topological polar surface area (TPSA) is 95.9 Å². The Kier molecular flexibility index (Phi) is 8.46. The first-order valence-electron chi connectivity index (χ1n) is 11.6. The number of alkyl carbamates (subject to hydrolysis) is 1. The quantitative estimate of drug-likeness (QED) is 0.527. The number of carboxylic acid groups (broad SMARTS) is 1. The zero-order chi connectivity index (χ0) is 23.8. The van der Waals surface area contributed by atoms with Gasteiger partial charge >= 0.3 is 12.1 Å². The number of rotatable bonds is 11. The molecule has 0 saturated heterocycles. The van der Waals surface area contributed by atoms with Crippen molar-refractivity contribution < 1.29 is 24.2 Å². The van der Waals surface area contributed by atoms with Crippen LogP contribution in [0.15, 0.2) is 48.5 Å². The van der Waals surface area contributed by atoms with E-state index >= 15 is 0 Å². The molecule has 0 spiro atoms. The number of aliphatic carboxylic acids is 1. The minimum absolute atomic E-state index is 0.0268. The van der Waals surface area contributed by atoms with Crippen molar-refractivity contribution in [3.8, 4) is 11.1 Å². The molecule has 0 bridgehead atoms. The van der Waals surface area contributed by atoms with E-state index in [0.29, 0.717) is 13.0 Å². The second kappa shape index (κ2) is 11.5. The van der Waals surface area contributed by atoms with E-state index in [0.717, 1.165) is 28.7 Å². The van der Waals surface area contributed by atoms with Crippen molar-refractivity contribution in [3.05, 3.63) is 59.7 Å². The molecule has 3 rings (SSSR count). The van der Waals surface area contributed by atoms with Gasteiger partial charge in [-0.05, 0) is 35.6 Å². The van der Waals surface area contributed by atoms with Gasteiger partial charge in [0.05, 0.1) is 6.42 Å². The van der Waals surface area contributed by atoms with E-state index < -0.39 is 12.1 Å². The molecule has 7 nitrogen and oxygen atoms in total. The lowest BCUT2D eigenvalue weighted by Gasteiger charge is -2.24. The van der Waals surface area contributed by atoms with Crippen molar-refractivity contribution >= 4 is 18.0 Å². The smallest absolute Gasteiger partial charge is 0.407 e. The third-order valence-electron chi connectivity index (χ3n) is 6.05. The van der Waals surface area contributed by atoms with E-state index in [1.165, 1.54) is 4.90 Å². The minimum Gasteiger partial charge on any atom is -0.481 e. The summed E-state index contributed by atoms with van der Waals surface area (Å²) in [5.41, 5.74) is 4.61. The summed E-state index contributed by atoms with van der Waals surface area (Å²) in [5.74, 6) is -1.14. The number of ether oxygens (including phenoxy) is 1. The molecular formula is C26H32N2O5. The Balaban J connectivity index is 1.59. The summed E-state index contributed by atoms with van der Waals surface area (Å²) >= 11 is 0. The normalized spacial score (nSPS) is 13.0. The highest BCUT2D eigenvalue weighted by Gasteiger charge is 2.29. The second-order valence-electron chi connectivity index (χ2n) is 8.28. The van der Waals surface area contributed by atoms with Crippen LogP contribution >= 0.6 is 0 Å². The lowest BCUT2D eigenvalue weighted by molar-refractivity contribution is -0.138. The number of nitrogens with one attached hydrogen (secondary N) is 1. The zero-order valence-electron chi connectivity index (χ0n) is 19.3. The Labute approximate surface area is 194 Å². The van der Waals surface area contributed by atoms with Gasteiger partial charge in [0.2, 0.25) is 5.91 Å². The Morgan fingerprint density at radius 2 is 1.64 bits per heavy atom. The third-order valence-corrected chi connectivity index (χ3v) is 6.05. The predicted octanol–water partition coefficient (Wildman–Crippen LogP) is 4.41. The highest BCUT2D eigenvalue weighted by Crippen LogP contribution is 2.44. The number of fused-ring (bicyclic) bond motifs is 3. The van der Waals surface area contributed by atoms with E-state index in [4.69, 9.17) is 9.84 Å². The van der Waals surface area contributed by atoms with E-state index in [1.54, 1.807) is 0 Å². The fourth-order valence-electron chi connectivity index (χ4n) is 4.41. The Bertz CT molecular complexity index is 945. The van der Waals surface area contributed by atoms with Gasteiger partial charge in [0, 0.05) is 31.5 Å². The summed E-state index contributed by atoms with van der Waals surface area (Å²) in [4.78, 5) is 37.6. The van der Waals surface area contributed by atoms with Gasteiger partial charge in [-0.3, -0.25) is 9.59 Å². The molecule has 33 heavy (non-hydrogen) atoms. The summed E-state index contributed by atoms with van der Waals surface area (Å²) in [6.45, 7) is 4.60. The van der Waals surface area contributed by atoms with Gasteiger partial charge in [0.15, 0.2) is 0 Å². The molecule has 0 heterocycles.